The highest BCUT2D eigenvalue weighted by molar-refractivity contribution is 5.46. The van der Waals surface area contributed by atoms with Crippen LogP contribution in [-0.4, -0.2) is 27.6 Å². The first-order chi connectivity index (χ1) is 10.4. The summed E-state index contributed by atoms with van der Waals surface area (Å²) in [5.41, 5.74) is 5.46. The van der Waals surface area contributed by atoms with E-state index in [-0.39, 0.29) is 0 Å². The third kappa shape index (κ3) is 2.45. The van der Waals surface area contributed by atoms with Gasteiger partial charge in [-0.15, -0.1) is 0 Å². The van der Waals surface area contributed by atoms with Crippen molar-refractivity contribution in [2.45, 2.75) is 19.4 Å². The van der Waals surface area contributed by atoms with Crippen LogP contribution in [-0.2, 0) is 19.4 Å². The van der Waals surface area contributed by atoms with Crippen LogP contribution in [0.15, 0.2) is 54.7 Å². The Hall–Kier alpha value is -2.13. The van der Waals surface area contributed by atoms with Crippen molar-refractivity contribution < 1.29 is 0 Å². The van der Waals surface area contributed by atoms with E-state index < -0.39 is 0 Å². The molecule has 0 atom stereocenters. The molecule has 0 spiro atoms. The first-order valence-corrected chi connectivity index (χ1v) is 7.61. The molecule has 3 heteroatoms. The fraction of sp³-hybridized carbons (Fsp3) is 0.278. The number of fused-ring (bicyclic) bond motifs is 2. The topological polar surface area (TPSA) is 20.5 Å². The van der Waals surface area contributed by atoms with E-state index in [2.05, 4.69) is 63.0 Å². The average molecular weight is 277 g/mol. The number of hydrogen-bond acceptors (Lipinski definition) is 2. The molecule has 0 bridgehead atoms. The van der Waals surface area contributed by atoms with Gasteiger partial charge >= 0.3 is 0 Å². The van der Waals surface area contributed by atoms with E-state index in [4.69, 9.17) is 0 Å². The molecule has 0 saturated carbocycles. The highest BCUT2D eigenvalue weighted by Crippen LogP contribution is 2.17. The number of nitrogens with zero attached hydrogens (tertiary/aromatic N) is 3. The number of hydrogen-bond donors (Lipinski definition) is 0. The van der Waals surface area contributed by atoms with Crippen molar-refractivity contribution in [1.29, 1.82) is 0 Å². The average Bonchev–Trinajstić information content (AvgIpc) is 2.91. The standard InChI is InChI=1S/C18H19N3/c1-2-5-16-10-13-20(12-9-15(16)4-1)14-18-7-3-6-17-8-11-19-21(17)18/h1-8,11H,9-10,12-14H2. The van der Waals surface area contributed by atoms with E-state index in [9.17, 15) is 0 Å². The summed E-state index contributed by atoms with van der Waals surface area (Å²) < 4.78 is 2.05. The van der Waals surface area contributed by atoms with Crippen molar-refractivity contribution in [2.75, 3.05) is 13.1 Å². The minimum atomic E-state index is 0.965. The third-order valence-electron chi connectivity index (χ3n) is 4.40. The summed E-state index contributed by atoms with van der Waals surface area (Å²) in [7, 11) is 0. The molecule has 0 saturated heterocycles. The van der Waals surface area contributed by atoms with Crippen molar-refractivity contribution in [3.8, 4) is 0 Å². The molecular weight excluding hydrogens is 258 g/mol. The predicted molar refractivity (Wildman–Crippen MR) is 84.3 cm³/mol. The molecule has 0 fully saturated rings. The van der Waals surface area contributed by atoms with Gasteiger partial charge in [-0.2, -0.15) is 5.10 Å². The molecular formula is C18H19N3. The minimum absolute atomic E-state index is 0.965. The predicted octanol–water partition coefficient (Wildman–Crippen LogP) is 2.94. The molecule has 0 radical (unpaired) electrons. The molecule has 3 nitrogen and oxygen atoms in total. The van der Waals surface area contributed by atoms with Crippen LogP contribution in [0.25, 0.3) is 5.52 Å². The second-order valence-corrected chi connectivity index (χ2v) is 5.73. The molecule has 4 rings (SSSR count). The molecule has 106 valence electrons. The van der Waals surface area contributed by atoms with Gasteiger partial charge in [-0.1, -0.05) is 30.3 Å². The fourth-order valence-electron chi connectivity index (χ4n) is 3.23. The summed E-state index contributed by atoms with van der Waals surface area (Å²) in [4.78, 5) is 2.54. The SMILES string of the molecule is c1ccc2c(c1)CCN(Cc1cccc3ccnn13)CC2. The first kappa shape index (κ1) is 12.6. The molecule has 0 unspecified atom stereocenters. The van der Waals surface area contributed by atoms with Crippen molar-refractivity contribution >= 4 is 5.52 Å². The number of benzene rings is 1. The number of rotatable bonds is 2. The Morgan fingerprint density at radius 1 is 0.857 bits per heavy atom. The van der Waals surface area contributed by atoms with Crippen LogP contribution in [0.1, 0.15) is 16.8 Å². The lowest BCUT2D eigenvalue weighted by Crippen LogP contribution is -2.27. The zero-order valence-corrected chi connectivity index (χ0v) is 12.1. The Labute approximate surface area is 124 Å². The lowest BCUT2D eigenvalue weighted by Gasteiger charge is -2.20. The third-order valence-corrected chi connectivity index (χ3v) is 4.40. The first-order valence-electron chi connectivity index (χ1n) is 7.61. The Kier molecular flexibility index (Phi) is 3.20. The van der Waals surface area contributed by atoms with Crippen molar-refractivity contribution in [1.82, 2.24) is 14.5 Å². The van der Waals surface area contributed by atoms with E-state index in [0.29, 0.717) is 0 Å². The van der Waals surface area contributed by atoms with Gasteiger partial charge in [-0.25, -0.2) is 4.52 Å². The molecule has 3 heterocycles. The fourth-order valence-corrected chi connectivity index (χ4v) is 3.23. The highest BCUT2D eigenvalue weighted by Gasteiger charge is 2.14. The molecule has 0 amide bonds. The molecule has 0 aliphatic carbocycles. The van der Waals surface area contributed by atoms with Crippen LogP contribution in [0.4, 0.5) is 0 Å². The smallest absolute Gasteiger partial charge is 0.0665 e. The molecule has 2 aromatic heterocycles. The van der Waals surface area contributed by atoms with Crippen molar-refractivity contribution in [2.24, 2.45) is 0 Å². The van der Waals surface area contributed by atoms with Crippen LogP contribution < -0.4 is 0 Å². The largest absolute Gasteiger partial charge is 0.297 e. The van der Waals surface area contributed by atoms with Crippen molar-refractivity contribution in [3.63, 3.8) is 0 Å². The Morgan fingerprint density at radius 2 is 1.62 bits per heavy atom. The highest BCUT2D eigenvalue weighted by atomic mass is 15.2. The summed E-state index contributed by atoms with van der Waals surface area (Å²) in [6.45, 7) is 3.20. The number of pyridine rings is 1. The lowest BCUT2D eigenvalue weighted by molar-refractivity contribution is 0.274. The summed E-state index contributed by atoms with van der Waals surface area (Å²) >= 11 is 0. The van der Waals surface area contributed by atoms with Crippen molar-refractivity contribution in [3.05, 3.63) is 71.5 Å². The summed E-state index contributed by atoms with van der Waals surface area (Å²) in [6.07, 6.45) is 4.16. The summed E-state index contributed by atoms with van der Waals surface area (Å²) in [5, 5.41) is 4.44. The van der Waals surface area contributed by atoms with Gasteiger partial charge in [0.05, 0.1) is 11.2 Å². The quantitative estimate of drug-likeness (QED) is 0.718. The molecule has 1 aliphatic heterocycles. The van der Waals surface area contributed by atoms with Gasteiger partial charge in [-0.3, -0.25) is 4.90 Å². The second-order valence-electron chi connectivity index (χ2n) is 5.73. The maximum atomic E-state index is 4.44. The minimum Gasteiger partial charge on any atom is -0.297 e. The zero-order chi connectivity index (χ0) is 14.1. The van der Waals surface area contributed by atoms with Crippen LogP contribution in [0.2, 0.25) is 0 Å². The van der Waals surface area contributed by atoms with E-state index in [1.165, 1.54) is 22.3 Å². The van der Waals surface area contributed by atoms with Gasteiger partial charge < -0.3 is 0 Å². The normalized spacial score (nSPS) is 15.8. The van der Waals surface area contributed by atoms with Crippen LogP contribution >= 0.6 is 0 Å². The molecule has 21 heavy (non-hydrogen) atoms. The maximum absolute atomic E-state index is 4.44. The Morgan fingerprint density at radius 3 is 2.38 bits per heavy atom. The molecule has 1 aliphatic rings. The maximum Gasteiger partial charge on any atom is 0.0665 e. The van der Waals surface area contributed by atoms with E-state index in [0.717, 1.165) is 32.5 Å². The van der Waals surface area contributed by atoms with Gasteiger partial charge in [0, 0.05) is 25.8 Å². The van der Waals surface area contributed by atoms with Gasteiger partial charge in [0.2, 0.25) is 0 Å². The van der Waals surface area contributed by atoms with E-state index in [1.807, 2.05) is 6.20 Å². The molecule has 1 aromatic carbocycles. The van der Waals surface area contributed by atoms with Gasteiger partial charge in [0.25, 0.3) is 0 Å². The van der Waals surface area contributed by atoms with E-state index >= 15 is 0 Å². The Bertz CT molecular complexity index is 733. The molecule has 0 N–H and O–H groups in total. The van der Waals surface area contributed by atoms with Crippen LogP contribution in [0, 0.1) is 0 Å². The van der Waals surface area contributed by atoms with Gasteiger partial charge in [0.15, 0.2) is 0 Å². The van der Waals surface area contributed by atoms with Crippen LogP contribution in [0.5, 0.6) is 0 Å². The lowest BCUT2D eigenvalue weighted by atomic mass is 10.0. The monoisotopic (exact) mass is 277 g/mol. The Balaban J connectivity index is 1.55. The van der Waals surface area contributed by atoms with E-state index in [1.54, 1.807) is 0 Å². The summed E-state index contributed by atoms with van der Waals surface area (Å²) in [5.74, 6) is 0. The number of aromatic nitrogens is 2. The van der Waals surface area contributed by atoms with Gasteiger partial charge in [-0.05, 0) is 42.2 Å². The van der Waals surface area contributed by atoms with Gasteiger partial charge in [0.1, 0.15) is 0 Å². The molecule has 3 aromatic rings. The second kappa shape index (κ2) is 5.34. The van der Waals surface area contributed by atoms with Crippen LogP contribution in [0.3, 0.4) is 0 Å². The summed E-state index contributed by atoms with van der Waals surface area (Å²) in [6, 6.07) is 17.3. The zero-order valence-electron chi connectivity index (χ0n) is 12.1.